The molecule has 0 spiro atoms. The van der Waals surface area contributed by atoms with E-state index in [1.54, 1.807) is 17.7 Å². The Morgan fingerprint density at radius 3 is 2.93 bits per heavy atom. The molecule has 0 bridgehead atoms. The molecule has 2 aromatic rings. The van der Waals surface area contributed by atoms with Crippen molar-refractivity contribution in [2.45, 2.75) is 31.3 Å². The van der Waals surface area contributed by atoms with Gasteiger partial charge in [0.2, 0.25) is 5.91 Å². The molecule has 8 heteroatoms. The Morgan fingerprint density at radius 1 is 1.15 bits per heavy atom. The van der Waals surface area contributed by atoms with Crippen molar-refractivity contribution in [1.29, 1.82) is 0 Å². The van der Waals surface area contributed by atoms with Crippen LogP contribution >= 0.6 is 11.3 Å². The van der Waals surface area contributed by atoms with Gasteiger partial charge in [-0.05, 0) is 30.7 Å². The van der Waals surface area contributed by atoms with Crippen molar-refractivity contribution in [3.8, 4) is 0 Å². The molecular weight excluding hydrogens is 360 g/mol. The van der Waals surface area contributed by atoms with Crippen LogP contribution in [0.3, 0.4) is 0 Å². The molecule has 27 heavy (non-hydrogen) atoms. The van der Waals surface area contributed by atoms with Gasteiger partial charge < -0.3 is 15.1 Å². The molecule has 0 radical (unpaired) electrons. The fourth-order valence-corrected chi connectivity index (χ4v) is 5.51. The quantitative estimate of drug-likeness (QED) is 0.854. The van der Waals surface area contributed by atoms with Crippen molar-refractivity contribution in [1.82, 2.24) is 25.1 Å². The van der Waals surface area contributed by atoms with Gasteiger partial charge in [0.25, 0.3) is 0 Å². The first kappa shape index (κ1) is 17.3. The molecule has 3 saturated heterocycles. The lowest BCUT2D eigenvalue weighted by molar-refractivity contribution is -0.131. The van der Waals surface area contributed by atoms with Gasteiger partial charge >= 0.3 is 0 Å². The second-order valence-corrected chi connectivity index (χ2v) is 8.60. The van der Waals surface area contributed by atoms with E-state index in [9.17, 15) is 4.79 Å². The molecule has 2 unspecified atom stereocenters. The number of fused-ring (bicyclic) bond motifs is 1. The Kier molecular flexibility index (Phi) is 4.71. The Hall–Kier alpha value is -1.77. The minimum atomic E-state index is -0.0789. The van der Waals surface area contributed by atoms with E-state index in [1.807, 2.05) is 5.38 Å². The molecule has 1 amide bonds. The molecule has 3 fully saturated rings. The third kappa shape index (κ3) is 3.19. The minimum Gasteiger partial charge on any atom is -0.344 e. The van der Waals surface area contributed by atoms with E-state index < -0.39 is 0 Å². The molecule has 2 aromatic heterocycles. The van der Waals surface area contributed by atoms with E-state index in [4.69, 9.17) is 0 Å². The summed E-state index contributed by atoms with van der Waals surface area (Å²) < 4.78 is 0. The standard InChI is InChI=1S/C19H26N6OS/c26-19(24-8-3-14(12-24)23-9-5-20-6-10-23)16-2-1-7-25(16)17-15-4-11-27-18(15)22-13-21-17/h4,11,13-14,16,20H,1-3,5-10,12H2. The van der Waals surface area contributed by atoms with Crippen molar-refractivity contribution in [2.24, 2.45) is 0 Å². The number of amides is 1. The second kappa shape index (κ2) is 7.33. The first-order chi connectivity index (χ1) is 13.3. The van der Waals surface area contributed by atoms with E-state index in [2.05, 4.69) is 36.1 Å². The van der Waals surface area contributed by atoms with Crippen LogP contribution in [0.25, 0.3) is 10.2 Å². The lowest BCUT2D eigenvalue weighted by Crippen LogP contribution is -2.50. The lowest BCUT2D eigenvalue weighted by atomic mass is 10.2. The van der Waals surface area contributed by atoms with Crippen molar-refractivity contribution in [3.63, 3.8) is 0 Å². The largest absolute Gasteiger partial charge is 0.344 e. The number of rotatable bonds is 3. The average molecular weight is 387 g/mol. The molecule has 5 heterocycles. The van der Waals surface area contributed by atoms with Crippen LogP contribution in [0.4, 0.5) is 5.82 Å². The summed E-state index contributed by atoms with van der Waals surface area (Å²) >= 11 is 1.63. The number of anilines is 1. The zero-order valence-corrected chi connectivity index (χ0v) is 16.3. The maximum absolute atomic E-state index is 13.3. The van der Waals surface area contributed by atoms with Crippen molar-refractivity contribution < 1.29 is 4.79 Å². The van der Waals surface area contributed by atoms with Crippen LogP contribution in [0.5, 0.6) is 0 Å². The van der Waals surface area contributed by atoms with Gasteiger partial charge in [-0.15, -0.1) is 11.3 Å². The molecule has 5 rings (SSSR count). The number of thiophene rings is 1. The number of aromatic nitrogens is 2. The van der Waals surface area contributed by atoms with Gasteiger partial charge in [0.1, 0.15) is 23.0 Å². The lowest BCUT2D eigenvalue weighted by Gasteiger charge is -2.33. The second-order valence-electron chi connectivity index (χ2n) is 7.70. The monoisotopic (exact) mass is 386 g/mol. The van der Waals surface area contributed by atoms with Crippen LogP contribution in [-0.4, -0.2) is 83.6 Å². The van der Waals surface area contributed by atoms with Crippen LogP contribution in [0.1, 0.15) is 19.3 Å². The van der Waals surface area contributed by atoms with Crippen molar-refractivity contribution in [2.75, 3.05) is 50.7 Å². The highest BCUT2D eigenvalue weighted by Gasteiger charge is 2.39. The predicted molar refractivity (Wildman–Crippen MR) is 107 cm³/mol. The van der Waals surface area contributed by atoms with Gasteiger partial charge in [0.05, 0.1) is 5.39 Å². The summed E-state index contributed by atoms with van der Waals surface area (Å²) in [6.45, 7) is 6.97. The van der Waals surface area contributed by atoms with E-state index in [-0.39, 0.29) is 11.9 Å². The minimum absolute atomic E-state index is 0.0789. The zero-order valence-electron chi connectivity index (χ0n) is 15.5. The van der Waals surface area contributed by atoms with Gasteiger partial charge in [0.15, 0.2) is 0 Å². The normalized spacial score (nSPS) is 27.0. The molecule has 7 nitrogen and oxygen atoms in total. The Morgan fingerprint density at radius 2 is 2.04 bits per heavy atom. The van der Waals surface area contributed by atoms with Crippen molar-refractivity contribution in [3.05, 3.63) is 17.8 Å². The Labute approximate surface area is 163 Å². The summed E-state index contributed by atoms with van der Waals surface area (Å²) in [6, 6.07) is 2.52. The molecule has 0 aromatic carbocycles. The molecule has 3 aliphatic rings. The number of likely N-dealkylation sites (tertiary alicyclic amines) is 1. The van der Waals surface area contributed by atoms with Crippen LogP contribution in [0.2, 0.25) is 0 Å². The van der Waals surface area contributed by atoms with Gasteiger partial charge in [-0.25, -0.2) is 9.97 Å². The Balaban J connectivity index is 1.32. The van der Waals surface area contributed by atoms with E-state index in [0.29, 0.717) is 6.04 Å². The summed E-state index contributed by atoms with van der Waals surface area (Å²) in [5, 5.41) is 6.53. The third-order valence-electron chi connectivity index (χ3n) is 6.19. The van der Waals surface area contributed by atoms with Crippen LogP contribution in [0, 0.1) is 0 Å². The summed E-state index contributed by atoms with van der Waals surface area (Å²) in [4.78, 5) is 30.1. The fourth-order valence-electron chi connectivity index (χ4n) is 4.78. The maximum Gasteiger partial charge on any atom is 0.245 e. The van der Waals surface area contributed by atoms with Gasteiger partial charge in [-0.1, -0.05) is 0 Å². The highest BCUT2D eigenvalue weighted by molar-refractivity contribution is 7.16. The number of nitrogens with zero attached hydrogens (tertiary/aromatic N) is 5. The van der Waals surface area contributed by atoms with Crippen LogP contribution in [0.15, 0.2) is 17.8 Å². The molecule has 0 aliphatic carbocycles. The van der Waals surface area contributed by atoms with Gasteiger partial charge in [-0.2, -0.15) is 0 Å². The molecule has 0 saturated carbocycles. The smallest absolute Gasteiger partial charge is 0.245 e. The number of hydrogen-bond donors (Lipinski definition) is 1. The zero-order chi connectivity index (χ0) is 18.2. The summed E-state index contributed by atoms with van der Waals surface area (Å²) in [6.07, 6.45) is 4.69. The van der Waals surface area contributed by atoms with E-state index in [1.165, 1.54) is 0 Å². The number of carbonyl (C=O) groups excluding carboxylic acids is 1. The van der Waals surface area contributed by atoms with E-state index >= 15 is 0 Å². The fraction of sp³-hybridized carbons (Fsp3) is 0.632. The molecule has 1 N–H and O–H groups in total. The van der Waals surface area contributed by atoms with Crippen molar-refractivity contribution >= 4 is 33.3 Å². The Bertz CT molecular complexity index is 819. The number of nitrogens with one attached hydrogen (secondary N) is 1. The summed E-state index contributed by atoms with van der Waals surface area (Å²) in [5.74, 6) is 1.21. The molecule has 2 atom stereocenters. The topological polar surface area (TPSA) is 64.6 Å². The first-order valence-corrected chi connectivity index (χ1v) is 10.9. The number of piperazine rings is 1. The third-order valence-corrected chi connectivity index (χ3v) is 7.01. The van der Waals surface area contributed by atoms with Crippen LogP contribution in [-0.2, 0) is 4.79 Å². The van der Waals surface area contributed by atoms with E-state index in [0.717, 1.165) is 81.1 Å². The maximum atomic E-state index is 13.3. The summed E-state index contributed by atoms with van der Waals surface area (Å²) in [5.41, 5.74) is 0. The number of hydrogen-bond acceptors (Lipinski definition) is 7. The summed E-state index contributed by atoms with van der Waals surface area (Å²) in [7, 11) is 0. The molecule has 3 aliphatic heterocycles. The first-order valence-electron chi connectivity index (χ1n) is 9.99. The highest BCUT2D eigenvalue weighted by Crippen LogP contribution is 2.33. The SMILES string of the molecule is O=C(C1CCCN1c1ncnc2sccc12)N1CCC(N2CCNCC2)C1. The van der Waals surface area contributed by atoms with Gasteiger partial charge in [-0.3, -0.25) is 9.69 Å². The van der Waals surface area contributed by atoms with Crippen LogP contribution < -0.4 is 10.2 Å². The highest BCUT2D eigenvalue weighted by atomic mass is 32.1. The molecule has 144 valence electrons. The number of carbonyl (C=O) groups is 1. The average Bonchev–Trinajstić information content (AvgIpc) is 3.48. The van der Waals surface area contributed by atoms with Gasteiger partial charge in [0, 0.05) is 51.9 Å². The predicted octanol–water partition coefficient (Wildman–Crippen LogP) is 1.17. The molecular formula is C19H26N6OS.